The van der Waals surface area contributed by atoms with Gasteiger partial charge < -0.3 is 24.7 Å². The minimum Gasteiger partial charge on any atom is -0.497 e. The number of hydrogen-bond acceptors (Lipinski definition) is 5. The van der Waals surface area contributed by atoms with Gasteiger partial charge in [-0.15, -0.1) is 0 Å². The Labute approximate surface area is 109 Å². The molecule has 0 unspecified atom stereocenters. The van der Waals surface area contributed by atoms with E-state index < -0.39 is 0 Å². The van der Waals surface area contributed by atoms with E-state index in [0.717, 1.165) is 17.1 Å². The van der Waals surface area contributed by atoms with Crippen LogP contribution >= 0.6 is 0 Å². The first-order valence-electron chi connectivity index (χ1n) is 5.59. The minimum absolute atomic E-state index is 0.0648. The summed E-state index contributed by atoms with van der Waals surface area (Å²) < 4.78 is 19.5. The van der Waals surface area contributed by atoms with E-state index in [1.54, 1.807) is 28.4 Å². The predicted octanol–water partition coefficient (Wildman–Crippen LogP) is 1.79. The van der Waals surface area contributed by atoms with Gasteiger partial charge in [-0.25, -0.2) is 0 Å². The molecule has 0 radical (unpaired) electrons. The molecule has 0 atom stereocenters. The van der Waals surface area contributed by atoms with Crippen molar-refractivity contribution < 1.29 is 18.9 Å². The average Bonchev–Trinajstić information content (AvgIpc) is 2.46. The first-order chi connectivity index (χ1) is 8.62. The lowest BCUT2D eigenvalue weighted by Gasteiger charge is -2.07. The maximum Gasteiger partial charge on any atom is 0.154 e. The highest BCUT2D eigenvalue weighted by molar-refractivity contribution is 5.40. The van der Waals surface area contributed by atoms with Gasteiger partial charge in [0.15, 0.2) is 6.29 Å². The molecule has 0 bridgehead atoms. The van der Waals surface area contributed by atoms with Crippen molar-refractivity contribution in [3.63, 3.8) is 0 Å². The molecule has 0 fully saturated rings. The Morgan fingerprint density at radius 1 is 1.06 bits per heavy atom. The maximum atomic E-state index is 5.50. The van der Waals surface area contributed by atoms with Crippen LogP contribution in [0.2, 0.25) is 0 Å². The molecule has 0 aromatic heterocycles. The van der Waals surface area contributed by atoms with E-state index in [2.05, 4.69) is 9.47 Å². The topological polar surface area (TPSA) is 62.9 Å². The van der Waals surface area contributed by atoms with E-state index in [1.165, 1.54) is 0 Å². The van der Waals surface area contributed by atoms with Crippen LogP contribution in [0.3, 0.4) is 0 Å². The average molecular weight is 257 g/mol. The molecule has 5 heteroatoms. The molecule has 0 aliphatic heterocycles. The summed E-state index contributed by atoms with van der Waals surface area (Å²) in [6.07, 6.45) is -0.0648. The normalized spacial score (nSPS) is 9.72. The molecule has 0 spiro atoms. The third-order valence-corrected chi connectivity index (χ3v) is 2.38. The number of ether oxygens (including phenoxy) is 4. The second kappa shape index (κ2) is 9.70. The fourth-order valence-electron chi connectivity index (χ4n) is 1.12. The zero-order chi connectivity index (χ0) is 14.0. The zero-order valence-corrected chi connectivity index (χ0v) is 11.7. The molecule has 2 N–H and O–H groups in total. The second-order valence-electron chi connectivity index (χ2n) is 3.42. The van der Waals surface area contributed by atoms with Gasteiger partial charge >= 0.3 is 0 Å². The Morgan fingerprint density at radius 3 is 2.00 bits per heavy atom. The monoisotopic (exact) mass is 257 g/mol. The fourth-order valence-corrected chi connectivity index (χ4v) is 1.12. The summed E-state index contributed by atoms with van der Waals surface area (Å²) in [5.74, 6) is 1.56. The first kappa shape index (κ1) is 16.7. The zero-order valence-electron chi connectivity index (χ0n) is 11.7. The fraction of sp³-hybridized carbons (Fsp3) is 0.538. The van der Waals surface area contributed by atoms with Gasteiger partial charge in [0.05, 0.1) is 14.2 Å². The molecule has 0 amide bonds. The number of benzene rings is 1. The molecular formula is C13H23NO4. The third kappa shape index (κ3) is 5.86. The minimum atomic E-state index is -0.0648. The highest BCUT2D eigenvalue weighted by atomic mass is 16.7. The molecule has 0 heterocycles. The van der Waals surface area contributed by atoms with Gasteiger partial charge in [0.25, 0.3) is 0 Å². The number of rotatable bonds is 5. The van der Waals surface area contributed by atoms with Crippen molar-refractivity contribution in [2.24, 2.45) is 5.73 Å². The standard InChI is InChI=1S/C9H13NO2.C4H10O2/c1-11-8-4-3-7(6-10)9(5-8)12-2;1-4(5-2)6-3/h3-5H,6,10H2,1-2H3;4H,1-3H3. The van der Waals surface area contributed by atoms with E-state index in [0.29, 0.717) is 6.54 Å². The van der Waals surface area contributed by atoms with Crippen LogP contribution in [0.1, 0.15) is 12.5 Å². The van der Waals surface area contributed by atoms with Crippen LogP contribution in [0.4, 0.5) is 0 Å². The van der Waals surface area contributed by atoms with Gasteiger partial charge in [0, 0.05) is 32.4 Å². The summed E-state index contributed by atoms with van der Waals surface area (Å²) in [7, 11) is 6.45. The molecular weight excluding hydrogens is 234 g/mol. The first-order valence-corrected chi connectivity index (χ1v) is 5.59. The number of nitrogens with two attached hydrogens (primary N) is 1. The number of methoxy groups -OCH3 is 4. The molecule has 0 aliphatic carbocycles. The van der Waals surface area contributed by atoms with E-state index in [1.807, 2.05) is 25.1 Å². The Bertz CT molecular complexity index is 327. The second-order valence-corrected chi connectivity index (χ2v) is 3.42. The van der Waals surface area contributed by atoms with Crippen LogP contribution in [-0.2, 0) is 16.0 Å². The summed E-state index contributed by atoms with van der Waals surface area (Å²) in [4.78, 5) is 0. The summed E-state index contributed by atoms with van der Waals surface area (Å²) in [5, 5.41) is 0. The van der Waals surface area contributed by atoms with E-state index >= 15 is 0 Å². The maximum absolute atomic E-state index is 5.50. The van der Waals surface area contributed by atoms with Crippen LogP contribution < -0.4 is 15.2 Å². The lowest BCUT2D eigenvalue weighted by atomic mass is 10.2. The van der Waals surface area contributed by atoms with Gasteiger partial charge in [-0.1, -0.05) is 6.07 Å². The molecule has 0 saturated heterocycles. The Kier molecular flexibility index (Phi) is 9.00. The van der Waals surface area contributed by atoms with Crippen LogP contribution in [0.15, 0.2) is 18.2 Å². The lowest BCUT2D eigenvalue weighted by Crippen LogP contribution is -2.05. The molecule has 18 heavy (non-hydrogen) atoms. The summed E-state index contributed by atoms with van der Waals surface area (Å²) in [6, 6.07) is 5.59. The number of hydrogen-bond donors (Lipinski definition) is 1. The Balaban J connectivity index is 0.000000411. The molecule has 1 aromatic rings. The van der Waals surface area contributed by atoms with Gasteiger partial charge in [0.2, 0.25) is 0 Å². The highest BCUT2D eigenvalue weighted by Gasteiger charge is 2.01. The predicted molar refractivity (Wildman–Crippen MR) is 70.9 cm³/mol. The van der Waals surface area contributed by atoms with Crippen LogP contribution in [0, 0.1) is 0 Å². The molecule has 1 aromatic carbocycles. The van der Waals surface area contributed by atoms with Crippen molar-refractivity contribution in [1.82, 2.24) is 0 Å². The Hall–Kier alpha value is -1.30. The molecule has 0 aliphatic rings. The quantitative estimate of drug-likeness (QED) is 0.815. The largest absolute Gasteiger partial charge is 0.497 e. The van der Waals surface area contributed by atoms with Gasteiger partial charge in [0.1, 0.15) is 11.5 Å². The van der Waals surface area contributed by atoms with Gasteiger partial charge in [-0.05, 0) is 13.0 Å². The van der Waals surface area contributed by atoms with Crippen LogP contribution in [0.25, 0.3) is 0 Å². The van der Waals surface area contributed by atoms with Crippen molar-refractivity contribution >= 4 is 0 Å². The van der Waals surface area contributed by atoms with E-state index in [4.69, 9.17) is 15.2 Å². The molecule has 104 valence electrons. The van der Waals surface area contributed by atoms with Crippen molar-refractivity contribution in [2.75, 3.05) is 28.4 Å². The van der Waals surface area contributed by atoms with Crippen molar-refractivity contribution in [1.29, 1.82) is 0 Å². The van der Waals surface area contributed by atoms with Gasteiger partial charge in [-0.3, -0.25) is 0 Å². The SMILES string of the molecule is COC(C)OC.COc1ccc(CN)c(OC)c1. The van der Waals surface area contributed by atoms with Crippen LogP contribution in [-0.4, -0.2) is 34.7 Å². The van der Waals surface area contributed by atoms with Crippen LogP contribution in [0.5, 0.6) is 11.5 Å². The smallest absolute Gasteiger partial charge is 0.154 e. The summed E-state index contributed by atoms with van der Waals surface area (Å²) in [6.45, 7) is 2.31. The van der Waals surface area contributed by atoms with Gasteiger partial charge in [-0.2, -0.15) is 0 Å². The molecule has 0 saturated carbocycles. The summed E-state index contributed by atoms with van der Waals surface area (Å²) >= 11 is 0. The third-order valence-electron chi connectivity index (χ3n) is 2.38. The Morgan fingerprint density at radius 2 is 1.67 bits per heavy atom. The molecule has 5 nitrogen and oxygen atoms in total. The van der Waals surface area contributed by atoms with E-state index in [-0.39, 0.29) is 6.29 Å². The summed E-state index contributed by atoms with van der Waals surface area (Å²) in [5.41, 5.74) is 6.48. The van der Waals surface area contributed by atoms with Crippen molar-refractivity contribution in [2.45, 2.75) is 19.8 Å². The molecule has 1 rings (SSSR count). The van der Waals surface area contributed by atoms with Crippen molar-refractivity contribution in [3.05, 3.63) is 23.8 Å². The highest BCUT2D eigenvalue weighted by Crippen LogP contribution is 2.23. The van der Waals surface area contributed by atoms with E-state index in [9.17, 15) is 0 Å². The van der Waals surface area contributed by atoms with Crippen molar-refractivity contribution in [3.8, 4) is 11.5 Å². The lowest BCUT2D eigenvalue weighted by molar-refractivity contribution is -0.0877.